The molecular formula is C91H179IKN9O21S10. The molecule has 782 valence electrons. The minimum Gasteiger partial charge on any atom is -0.870 e. The number of thioether (sulfide) groups is 8. The van der Waals surface area contributed by atoms with Crippen LogP contribution >= 0.6 is 142 Å². The maximum Gasteiger partial charge on any atom is 1.00 e. The number of halogens is 1. The molecule has 0 saturated heterocycles. The fourth-order valence-electron chi connectivity index (χ4n) is 8.75. The van der Waals surface area contributed by atoms with E-state index in [1.807, 2.05) is 43.4 Å². The molecule has 0 bridgehead atoms. The standard InChI is InChI=1S/C26H51N3O4S2.C16H34N2.C15H20N4O4S2.C11H20O4S2.C7H16O2S2.C5H12O2.C4H8O2S.C4H8O.C2H6OS.CH3I.K.H2O/c1-7-28(6)18-15-17-27-16-13-11-9-10-12-14-19-29(8-2)25(31)33-21-23-35-26(4,5)34-22-20-32-24(3)30;1-3-5-6-7-8-9-10-11-12-14-18-16-13-15-17-4-2;1-15(2,24-9-7-22-13(20)18-5-3-16-11-18)25-10-8-23-14(21)19-6-4-17-12-19;1-9(12)14-5-7-16-11(3,4)17-8-6-15-10(2)13;1-7(2,10-5-3-8)11-6-4-9;1-5(2,6-3)7-4;1-4(5)6-2-3-7;1-4(2)5-3;3-1-2-4;1-2;;/h11,13,27H,7-10,12,14-23H2,1-6H3;11-12,17-18H,3-10,13-16H2,1-2H3;3-6,11-12H,7-10H2,1-2H3;5-8H2,1-4H3;8-9H,3-6H2,1-2H3;1-4H3;7H,2-3H2,1H3;1H2,2-3H3;3-4H,1-2H2;1H3;;1H2/q;;;;;;;;;;+1;/p-1/b13-11+;12-11+;;;;;;;;;;/i;;;;;;;;;1D;;. The quantitative estimate of drug-likeness (QED) is 0.00291. The SMILES string of the molecule is C=C(C)OC.CC(=O)OCCS.CC(=O)OCCSC(C)(C)SCCOC(C)=O.CC(C)(SCCO)SCCO.CC(C)(SCCOC(=O)n1ccnc1)SCCOC(=O)n1ccnc1.CCCCCCCC/C=C/CNCCCNCC.CCN(C)CCCNC/C=C/CCCCCN(CC)C(=O)OCCSC(C)(C)SCCOC(C)=O.COC(C)(C)OC.OCCS.[2H]CI.[K+].[OH-]. The summed E-state index contributed by atoms with van der Waals surface area (Å²) in [6.07, 6.45) is 33.3. The molecule has 1 amide bonds. The smallest absolute Gasteiger partial charge is 0.870 e. The van der Waals surface area contributed by atoms with Crippen molar-refractivity contribution in [2.45, 2.75) is 237 Å². The van der Waals surface area contributed by atoms with Crippen molar-refractivity contribution in [3.63, 3.8) is 0 Å². The third-order valence-electron chi connectivity index (χ3n) is 16.0. The van der Waals surface area contributed by atoms with E-state index in [-0.39, 0.29) is 123 Å². The summed E-state index contributed by atoms with van der Waals surface area (Å²) in [5, 5.41) is 35.2. The number of amides is 1. The van der Waals surface area contributed by atoms with Crippen molar-refractivity contribution >= 4 is 184 Å². The minimum atomic E-state index is -0.435. The number of aliphatic hydroxyl groups is 3. The molecule has 0 aliphatic carbocycles. The first-order chi connectivity index (χ1) is 62.5. The largest absolute Gasteiger partial charge is 1.00 e. The van der Waals surface area contributed by atoms with Crippen molar-refractivity contribution in [2.24, 2.45) is 0 Å². The number of aliphatic hydroxyl groups excluding tert-OH is 3. The molecule has 0 radical (unpaired) electrons. The van der Waals surface area contributed by atoms with Gasteiger partial charge in [-0.15, -0.1) is 94.1 Å². The number of alkyl halides is 1. The molecule has 133 heavy (non-hydrogen) atoms. The summed E-state index contributed by atoms with van der Waals surface area (Å²) in [5.41, 5.74) is 0. The van der Waals surface area contributed by atoms with Gasteiger partial charge in [0.15, 0.2) is 5.79 Å². The number of thiol groups is 2. The van der Waals surface area contributed by atoms with Crippen LogP contribution in [0.2, 0.25) is 0 Å². The first-order valence-electron chi connectivity index (χ1n) is 45.4. The number of hydrogen-bond acceptors (Lipinski definition) is 37. The van der Waals surface area contributed by atoms with E-state index < -0.39 is 18.0 Å². The molecule has 0 saturated carbocycles. The van der Waals surface area contributed by atoms with Crippen LogP contribution in [0, 0.1) is 0 Å². The van der Waals surface area contributed by atoms with Crippen molar-refractivity contribution in [3.05, 3.63) is 74.1 Å². The van der Waals surface area contributed by atoms with Gasteiger partial charge in [0, 0.05) is 152 Å². The second-order valence-corrected chi connectivity index (χ2v) is 45.3. The number of hydrogen-bond donors (Lipinski definition) is 8. The Morgan fingerprint density at radius 1 is 0.474 bits per heavy atom. The number of aromatic nitrogens is 4. The van der Waals surface area contributed by atoms with Gasteiger partial charge in [0.2, 0.25) is 0 Å². The first kappa shape index (κ1) is 150. The molecule has 42 heteroatoms. The van der Waals surface area contributed by atoms with Gasteiger partial charge in [0.25, 0.3) is 0 Å². The molecule has 2 heterocycles. The van der Waals surface area contributed by atoms with Crippen LogP contribution < -0.4 is 67.3 Å². The summed E-state index contributed by atoms with van der Waals surface area (Å²) in [5.74, 6) is 6.46. The second-order valence-electron chi connectivity index (χ2n) is 29.7. The Labute approximate surface area is 907 Å². The normalized spacial score (nSPS) is 10.9. The van der Waals surface area contributed by atoms with Crippen molar-refractivity contribution in [1.82, 2.24) is 44.9 Å². The fourth-order valence-corrected chi connectivity index (χ4v) is 17.3. The molecule has 0 aliphatic heterocycles. The number of nitrogens with zero attached hydrogens (tertiary/aromatic N) is 6. The van der Waals surface area contributed by atoms with E-state index in [1.165, 1.54) is 120 Å². The number of esters is 4. The molecule has 0 spiro atoms. The summed E-state index contributed by atoms with van der Waals surface area (Å²) in [6, 6.07) is 0. The van der Waals surface area contributed by atoms with Crippen molar-refractivity contribution < 1.29 is 154 Å². The molecule has 7 N–H and O–H groups in total. The van der Waals surface area contributed by atoms with Gasteiger partial charge in [-0.3, -0.25) is 19.2 Å². The third-order valence-corrected chi connectivity index (χ3v) is 27.8. The zero-order valence-corrected chi connectivity index (χ0v) is 99.1. The van der Waals surface area contributed by atoms with E-state index in [0.717, 1.165) is 125 Å². The molecule has 2 aromatic rings. The van der Waals surface area contributed by atoms with Crippen molar-refractivity contribution in [3.8, 4) is 0 Å². The Morgan fingerprint density at radius 3 is 1.10 bits per heavy atom. The molecule has 0 atom stereocenters. The first-order valence-corrected chi connectivity index (χ1v) is 55.4. The Bertz CT molecular complexity index is 2870. The van der Waals surface area contributed by atoms with Crippen molar-refractivity contribution in [2.75, 3.05) is 222 Å². The molecular weight excluding hydrogens is 2040 g/mol. The van der Waals surface area contributed by atoms with Gasteiger partial charge in [-0.1, -0.05) is 113 Å². The molecule has 0 unspecified atom stereocenters. The van der Waals surface area contributed by atoms with E-state index in [1.54, 1.807) is 140 Å². The number of ether oxygens (including phenoxy) is 10. The summed E-state index contributed by atoms with van der Waals surface area (Å²) in [4.78, 5) is 89.7. The topological polar surface area (TPSA) is 381 Å². The predicted octanol–water partition coefficient (Wildman–Crippen LogP) is 16.0. The van der Waals surface area contributed by atoms with E-state index in [0.29, 0.717) is 80.7 Å². The second kappa shape index (κ2) is 111. The van der Waals surface area contributed by atoms with Crippen LogP contribution in [0.3, 0.4) is 0 Å². The third kappa shape index (κ3) is 129. The Morgan fingerprint density at radius 2 is 0.805 bits per heavy atom. The number of imidazole rings is 2. The van der Waals surface area contributed by atoms with Gasteiger partial charge in [0.05, 0.1) is 49.0 Å². The molecule has 2 rings (SSSR count). The molecule has 30 nitrogen and oxygen atoms in total. The predicted molar refractivity (Wildman–Crippen MR) is 581 cm³/mol. The number of allylic oxidation sites excluding steroid dienone is 3. The van der Waals surface area contributed by atoms with Crippen LogP contribution in [-0.4, -0.2) is 336 Å². The Balaban J connectivity index is -0.000000172. The zero-order valence-electron chi connectivity index (χ0n) is 86.5. The van der Waals surface area contributed by atoms with Crippen LogP contribution in [0.15, 0.2) is 74.1 Å². The number of carbonyl (C=O) groups is 7. The number of unbranched alkanes of at least 4 members (excludes halogenated alkanes) is 9. The van der Waals surface area contributed by atoms with Gasteiger partial charge in [-0.05, 0) is 179 Å². The van der Waals surface area contributed by atoms with Gasteiger partial charge < -0.3 is 93.9 Å². The Kier molecular flexibility index (Phi) is 125. The zero-order chi connectivity index (χ0) is 102. The van der Waals surface area contributed by atoms with Crippen LogP contribution in [-0.2, 0) is 66.5 Å². The average molecular weight is 2220 g/mol. The molecule has 0 fully saturated rings. The molecule has 2 aromatic heterocycles. The van der Waals surface area contributed by atoms with Crippen LogP contribution in [0.1, 0.15) is 216 Å². The maximum absolute atomic E-state index is 12.4. The van der Waals surface area contributed by atoms with E-state index in [2.05, 4.69) is 180 Å². The fraction of sp³-hybridized carbons (Fsp3) is 0.791. The number of methoxy groups -OCH3 is 3. The monoisotopic (exact) mass is 2220 g/mol. The van der Waals surface area contributed by atoms with Gasteiger partial charge in [-0.2, -0.15) is 25.3 Å². The van der Waals surface area contributed by atoms with Crippen molar-refractivity contribution in [1.29, 1.82) is 0 Å². The average Bonchev–Trinajstić information content (AvgIpc) is 1.84. The van der Waals surface area contributed by atoms with Gasteiger partial charge in [-0.25, -0.2) is 33.5 Å². The van der Waals surface area contributed by atoms with E-state index in [9.17, 15) is 33.6 Å². The summed E-state index contributed by atoms with van der Waals surface area (Å²) >= 11 is 23.2. The van der Waals surface area contributed by atoms with Crippen LogP contribution in [0.4, 0.5) is 14.4 Å². The number of carbonyl (C=O) groups excluding carboxylic acids is 7. The van der Waals surface area contributed by atoms with Crippen LogP contribution in [0.25, 0.3) is 0 Å². The number of nitrogens with one attached hydrogen (secondary N) is 3. The van der Waals surface area contributed by atoms with Gasteiger partial charge in [0.1, 0.15) is 58.9 Å². The summed E-state index contributed by atoms with van der Waals surface area (Å²) in [7, 11) is 6.98. The maximum atomic E-state index is 12.4. The summed E-state index contributed by atoms with van der Waals surface area (Å²) in [6.45, 7) is 53.5. The Hall–Kier alpha value is -1.00. The minimum absolute atomic E-state index is 0. The van der Waals surface area contributed by atoms with Gasteiger partial charge >= 0.3 is 93.5 Å². The molecule has 0 aliphatic rings. The van der Waals surface area contributed by atoms with E-state index >= 15 is 0 Å². The van der Waals surface area contributed by atoms with E-state index in [4.69, 9.17) is 54.6 Å². The molecule has 0 aromatic carbocycles. The van der Waals surface area contributed by atoms with Crippen LogP contribution in [0.5, 0.6) is 0 Å². The number of rotatable bonds is 64. The summed E-state index contributed by atoms with van der Waals surface area (Å²) < 4.78 is 58.1.